The zero-order valence-electron chi connectivity index (χ0n) is 16.5. The van der Waals surface area contributed by atoms with Gasteiger partial charge in [-0.15, -0.1) is 0 Å². The van der Waals surface area contributed by atoms with Crippen LogP contribution in [0.25, 0.3) is 0 Å². The van der Waals surface area contributed by atoms with Crippen molar-refractivity contribution in [2.75, 3.05) is 18.5 Å². The fourth-order valence-electron chi connectivity index (χ4n) is 3.00. The number of anilines is 1. The molecule has 29 heavy (non-hydrogen) atoms. The van der Waals surface area contributed by atoms with Crippen molar-refractivity contribution in [1.29, 1.82) is 0 Å². The fraction of sp³-hybridized carbons (Fsp3) is 0.364. The van der Waals surface area contributed by atoms with Crippen molar-refractivity contribution in [1.82, 2.24) is 0 Å². The number of carboxylic acid groups (broad SMARTS) is 1. The van der Waals surface area contributed by atoms with E-state index in [0.29, 0.717) is 29.4 Å². The maximum absolute atomic E-state index is 12.8. The number of amides is 1. The van der Waals surface area contributed by atoms with Gasteiger partial charge in [0, 0.05) is 12.2 Å². The SMILES string of the molecule is CC(C)Oc1ccc(C(=O)O)cc1NC(=O)c1cccc(OCC2CCCO2)c1. The van der Waals surface area contributed by atoms with Gasteiger partial charge in [-0.2, -0.15) is 0 Å². The van der Waals surface area contributed by atoms with Crippen LogP contribution < -0.4 is 14.8 Å². The maximum Gasteiger partial charge on any atom is 0.335 e. The van der Waals surface area contributed by atoms with Crippen molar-refractivity contribution in [3.63, 3.8) is 0 Å². The number of aromatic carboxylic acids is 1. The zero-order chi connectivity index (χ0) is 20.8. The summed E-state index contributed by atoms with van der Waals surface area (Å²) in [6.45, 7) is 4.90. The lowest BCUT2D eigenvalue weighted by Gasteiger charge is -2.16. The Morgan fingerprint density at radius 1 is 1.21 bits per heavy atom. The van der Waals surface area contributed by atoms with Crippen LogP contribution in [0.15, 0.2) is 42.5 Å². The van der Waals surface area contributed by atoms with Gasteiger partial charge >= 0.3 is 5.97 Å². The second kappa shape index (κ2) is 9.43. The van der Waals surface area contributed by atoms with Crippen LogP contribution in [0.3, 0.4) is 0 Å². The van der Waals surface area contributed by atoms with Crippen LogP contribution in [0.4, 0.5) is 5.69 Å². The summed E-state index contributed by atoms with van der Waals surface area (Å²) in [6, 6.07) is 11.2. The monoisotopic (exact) mass is 399 g/mol. The number of carbonyl (C=O) groups excluding carboxylic acids is 1. The highest BCUT2D eigenvalue weighted by Crippen LogP contribution is 2.28. The normalized spacial score (nSPS) is 15.9. The summed E-state index contributed by atoms with van der Waals surface area (Å²) in [5, 5.41) is 12.0. The molecular formula is C22H25NO6. The summed E-state index contributed by atoms with van der Waals surface area (Å²) >= 11 is 0. The molecule has 154 valence electrons. The zero-order valence-corrected chi connectivity index (χ0v) is 16.5. The molecule has 0 aromatic heterocycles. The quantitative estimate of drug-likeness (QED) is 0.697. The van der Waals surface area contributed by atoms with Gasteiger partial charge in [0.2, 0.25) is 0 Å². The Hall–Kier alpha value is -3.06. The third-order valence-electron chi connectivity index (χ3n) is 4.39. The van der Waals surface area contributed by atoms with Crippen LogP contribution in [0.1, 0.15) is 47.4 Å². The Labute approximate surface area is 169 Å². The van der Waals surface area contributed by atoms with Gasteiger partial charge in [0.1, 0.15) is 18.1 Å². The molecule has 1 unspecified atom stereocenters. The summed E-state index contributed by atoms with van der Waals surface area (Å²) in [5.74, 6) is -0.486. The second-order valence-corrected chi connectivity index (χ2v) is 7.11. The number of ether oxygens (including phenoxy) is 3. The van der Waals surface area contributed by atoms with Crippen molar-refractivity contribution in [3.05, 3.63) is 53.6 Å². The number of carboxylic acids is 1. The van der Waals surface area contributed by atoms with Crippen molar-refractivity contribution in [2.45, 2.75) is 38.9 Å². The summed E-state index contributed by atoms with van der Waals surface area (Å²) in [6.07, 6.45) is 1.96. The summed E-state index contributed by atoms with van der Waals surface area (Å²) in [5.41, 5.74) is 0.755. The number of hydrogen-bond donors (Lipinski definition) is 2. The summed E-state index contributed by atoms with van der Waals surface area (Å²) in [4.78, 5) is 24.0. The third-order valence-corrected chi connectivity index (χ3v) is 4.39. The first-order valence-electron chi connectivity index (χ1n) is 9.62. The maximum atomic E-state index is 12.8. The Morgan fingerprint density at radius 2 is 2.03 bits per heavy atom. The second-order valence-electron chi connectivity index (χ2n) is 7.11. The van der Waals surface area contributed by atoms with Gasteiger partial charge in [-0.3, -0.25) is 4.79 Å². The molecule has 2 aromatic carbocycles. The van der Waals surface area contributed by atoms with Crippen LogP contribution in [0.5, 0.6) is 11.5 Å². The molecule has 0 spiro atoms. The average Bonchev–Trinajstić information content (AvgIpc) is 3.21. The highest BCUT2D eigenvalue weighted by molar-refractivity contribution is 6.06. The van der Waals surface area contributed by atoms with E-state index in [9.17, 15) is 14.7 Å². The van der Waals surface area contributed by atoms with Crippen LogP contribution in [-0.4, -0.2) is 42.4 Å². The van der Waals surface area contributed by atoms with Gasteiger partial charge in [0.15, 0.2) is 0 Å². The standard InChI is InChI=1S/C22H25NO6/c1-14(2)29-20-9-8-16(22(25)26)12-19(20)23-21(24)15-5-3-6-17(11-15)28-13-18-7-4-10-27-18/h3,5-6,8-9,11-12,14,18H,4,7,10,13H2,1-2H3,(H,23,24)(H,25,26). The average molecular weight is 399 g/mol. The summed E-state index contributed by atoms with van der Waals surface area (Å²) < 4.78 is 17.0. The first-order chi connectivity index (χ1) is 13.9. The predicted molar refractivity (Wildman–Crippen MR) is 108 cm³/mol. The lowest BCUT2D eigenvalue weighted by atomic mass is 10.1. The molecule has 1 fully saturated rings. The van der Waals surface area contributed by atoms with Gasteiger partial charge in [-0.25, -0.2) is 4.79 Å². The summed E-state index contributed by atoms with van der Waals surface area (Å²) in [7, 11) is 0. The number of hydrogen-bond acceptors (Lipinski definition) is 5. The molecule has 7 nitrogen and oxygen atoms in total. The molecule has 2 N–H and O–H groups in total. The van der Waals surface area contributed by atoms with Crippen molar-refractivity contribution < 1.29 is 28.9 Å². The van der Waals surface area contributed by atoms with Gasteiger partial charge < -0.3 is 24.6 Å². The Balaban J connectivity index is 1.74. The Morgan fingerprint density at radius 3 is 2.72 bits per heavy atom. The van der Waals surface area contributed by atoms with E-state index in [4.69, 9.17) is 14.2 Å². The van der Waals surface area contributed by atoms with Crippen molar-refractivity contribution in [3.8, 4) is 11.5 Å². The van der Waals surface area contributed by atoms with Crippen LogP contribution >= 0.6 is 0 Å². The molecule has 3 rings (SSSR count). The molecular weight excluding hydrogens is 374 g/mol. The van der Waals surface area contributed by atoms with Gasteiger partial charge in [0.05, 0.1) is 23.5 Å². The minimum absolute atomic E-state index is 0.0602. The minimum atomic E-state index is -1.08. The van der Waals surface area contributed by atoms with Gasteiger partial charge in [-0.1, -0.05) is 6.07 Å². The third kappa shape index (κ3) is 5.71. The van der Waals surface area contributed by atoms with E-state index in [2.05, 4.69) is 5.32 Å². The lowest BCUT2D eigenvalue weighted by Crippen LogP contribution is -2.17. The first kappa shape index (κ1) is 20.7. The highest BCUT2D eigenvalue weighted by atomic mass is 16.5. The van der Waals surface area contributed by atoms with E-state index in [-0.39, 0.29) is 23.7 Å². The molecule has 1 aliphatic rings. The van der Waals surface area contributed by atoms with Crippen LogP contribution in [0, 0.1) is 0 Å². The molecule has 1 aliphatic heterocycles. The number of benzene rings is 2. The van der Waals surface area contributed by atoms with Crippen LogP contribution in [0.2, 0.25) is 0 Å². The van der Waals surface area contributed by atoms with E-state index in [1.165, 1.54) is 12.1 Å². The molecule has 0 saturated carbocycles. The van der Waals surface area contributed by atoms with E-state index in [1.807, 2.05) is 13.8 Å². The Bertz CT molecular complexity index is 873. The van der Waals surface area contributed by atoms with Gasteiger partial charge in [-0.05, 0) is 63.1 Å². The molecule has 0 radical (unpaired) electrons. The molecule has 0 bridgehead atoms. The highest BCUT2D eigenvalue weighted by Gasteiger charge is 2.17. The van der Waals surface area contributed by atoms with Gasteiger partial charge in [0.25, 0.3) is 5.91 Å². The number of nitrogens with one attached hydrogen (secondary N) is 1. The number of rotatable bonds is 8. The van der Waals surface area contributed by atoms with Crippen LogP contribution in [-0.2, 0) is 4.74 Å². The van der Waals surface area contributed by atoms with E-state index >= 15 is 0 Å². The molecule has 7 heteroatoms. The molecule has 1 heterocycles. The first-order valence-corrected chi connectivity index (χ1v) is 9.62. The molecule has 1 atom stereocenters. The van der Waals surface area contributed by atoms with Crippen molar-refractivity contribution >= 4 is 17.6 Å². The topological polar surface area (TPSA) is 94.1 Å². The lowest BCUT2D eigenvalue weighted by molar-refractivity contribution is 0.0679. The van der Waals surface area contributed by atoms with E-state index in [1.54, 1.807) is 30.3 Å². The molecule has 0 aliphatic carbocycles. The fourth-order valence-corrected chi connectivity index (χ4v) is 3.00. The van der Waals surface area contributed by atoms with Crippen molar-refractivity contribution in [2.24, 2.45) is 0 Å². The van der Waals surface area contributed by atoms with E-state index < -0.39 is 5.97 Å². The Kier molecular flexibility index (Phi) is 6.72. The molecule has 2 aromatic rings. The minimum Gasteiger partial charge on any atom is -0.491 e. The number of carbonyl (C=O) groups is 2. The largest absolute Gasteiger partial charge is 0.491 e. The molecule has 1 amide bonds. The predicted octanol–water partition coefficient (Wildman–Crippen LogP) is 3.98. The smallest absolute Gasteiger partial charge is 0.335 e. The molecule has 1 saturated heterocycles. The van der Waals surface area contributed by atoms with E-state index in [0.717, 1.165) is 19.4 Å².